The number of methoxy groups -OCH3 is 1. The van der Waals surface area contributed by atoms with Gasteiger partial charge in [0.15, 0.2) is 0 Å². The summed E-state index contributed by atoms with van der Waals surface area (Å²) in [6.07, 6.45) is 5.11. The fraction of sp³-hybridized carbons (Fsp3) is 1.00. The molecule has 3 heteroatoms. The average Bonchev–Trinajstić information content (AvgIpc) is 2.30. The van der Waals surface area contributed by atoms with Crippen LogP contribution < -0.4 is 5.32 Å². The smallest absolute Gasteiger partial charge is 0.0777 e. The second kappa shape index (κ2) is 4.81. The number of rotatable bonds is 2. The molecule has 15 heavy (non-hydrogen) atoms. The minimum Gasteiger partial charge on any atom is -0.377 e. The summed E-state index contributed by atoms with van der Waals surface area (Å²) in [6, 6.07) is 0.793. The Morgan fingerprint density at radius 3 is 2.73 bits per heavy atom. The molecule has 0 aromatic carbocycles. The molecule has 0 amide bonds. The van der Waals surface area contributed by atoms with Crippen LogP contribution in [-0.2, 0) is 4.74 Å². The molecule has 1 atom stereocenters. The Balaban J connectivity index is 1.91. The maximum Gasteiger partial charge on any atom is 0.0777 e. The topological polar surface area (TPSA) is 24.5 Å². The molecule has 0 aliphatic carbocycles. The zero-order valence-electron chi connectivity index (χ0n) is 10.1. The SMILES string of the molecule is COC1(C)CCCN(C2CCNCC2)C1. The van der Waals surface area contributed by atoms with Crippen LogP contribution in [0.4, 0.5) is 0 Å². The second-order valence-electron chi connectivity index (χ2n) is 5.21. The van der Waals surface area contributed by atoms with Crippen molar-refractivity contribution in [2.45, 2.75) is 44.2 Å². The molecular weight excluding hydrogens is 188 g/mol. The van der Waals surface area contributed by atoms with Crippen molar-refractivity contribution in [3.05, 3.63) is 0 Å². The highest BCUT2D eigenvalue weighted by molar-refractivity contribution is 4.89. The predicted octanol–water partition coefficient (Wildman–Crippen LogP) is 1.24. The van der Waals surface area contributed by atoms with Crippen LogP contribution in [-0.4, -0.2) is 49.8 Å². The molecular formula is C12H24N2O. The van der Waals surface area contributed by atoms with Gasteiger partial charge in [0.2, 0.25) is 0 Å². The van der Waals surface area contributed by atoms with Crippen molar-refractivity contribution >= 4 is 0 Å². The number of nitrogens with zero attached hydrogens (tertiary/aromatic N) is 1. The predicted molar refractivity (Wildman–Crippen MR) is 62.1 cm³/mol. The van der Waals surface area contributed by atoms with Crippen LogP contribution in [0.5, 0.6) is 0 Å². The van der Waals surface area contributed by atoms with Crippen molar-refractivity contribution < 1.29 is 4.74 Å². The maximum atomic E-state index is 5.64. The molecule has 1 unspecified atom stereocenters. The Bertz CT molecular complexity index is 204. The number of hydrogen-bond donors (Lipinski definition) is 1. The van der Waals surface area contributed by atoms with E-state index in [9.17, 15) is 0 Å². The highest BCUT2D eigenvalue weighted by Crippen LogP contribution is 2.27. The van der Waals surface area contributed by atoms with Crippen molar-refractivity contribution in [1.29, 1.82) is 0 Å². The minimum atomic E-state index is 0.100. The zero-order valence-corrected chi connectivity index (χ0v) is 10.1. The quantitative estimate of drug-likeness (QED) is 0.745. The van der Waals surface area contributed by atoms with Crippen molar-refractivity contribution in [1.82, 2.24) is 10.2 Å². The first kappa shape index (κ1) is 11.4. The Kier molecular flexibility index (Phi) is 3.65. The molecule has 88 valence electrons. The normalized spacial score (nSPS) is 35.6. The highest BCUT2D eigenvalue weighted by atomic mass is 16.5. The molecule has 0 saturated carbocycles. The molecule has 0 radical (unpaired) electrons. The minimum absolute atomic E-state index is 0.100. The lowest BCUT2D eigenvalue weighted by Crippen LogP contribution is -2.53. The van der Waals surface area contributed by atoms with Gasteiger partial charge in [0.25, 0.3) is 0 Å². The summed E-state index contributed by atoms with van der Waals surface area (Å²) in [5.41, 5.74) is 0.100. The largest absolute Gasteiger partial charge is 0.377 e. The van der Waals surface area contributed by atoms with Crippen molar-refractivity contribution in [3.63, 3.8) is 0 Å². The first-order valence-electron chi connectivity index (χ1n) is 6.23. The summed E-state index contributed by atoms with van der Waals surface area (Å²) in [5.74, 6) is 0. The van der Waals surface area contributed by atoms with E-state index in [0.717, 1.165) is 12.6 Å². The summed E-state index contributed by atoms with van der Waals surface area (Å²) in [6.45, 7) is 7.01. The van der Waals surface area contributed by atoms with Crippen LogP contribution in [0.25, 0.3) is 0 Å². The van der Waals surface area contributed by atoms with Crippen LogP contribution in [0.1, 0.15) is 32.6 Å². The first-order valence-corrected chi connectivity index (χ1v) is 6.23. The first-order chi connectivity index (χ1) is 7.23. The standard InChI is InChI=1S/C12H24N2O/c1-12(15-2)6-3-9-14(10-12)11-4-7-13-8-5-11/h11,13H,3-10H2,1-2H3. The second-order valence-corrected chi connectivity index (χ2v) is 5.21. The number of likely N-dealkylation sites (tertiary alicyclic amines) is 1. The molecule has 3 nitrogen and oxygen atoms in total. The molecule has 1 N–H and O–H groups in total. The summed E-state index contributed by atoms with van der Waals surface area (Å²) < 4.78 is 5.64. The molecule has 2 saturated heterocycles. The summed E-state index contributed by atoms with van der Waals surface area (Å²) in [5, 5.41) is 3.43. The van der Waals surface area contributed by atoms with Gasteiger partial charge in [-0.25, -0.2) is 0 Å². The Labute approximate surface area is 93.2 Å². The van der Waals surface area contributed by atoms with Crippen molar-refractivity contribution in [2.75, 3.05) is 33.3 Å². The van der Waals surface area contributed by atoms with Crippen LogP contribution >= 0.6 is 0 Å². The van der Waals surface area contributed by atoms with Gasteiger partial charge in [-0.1, -0.05) is 0 Å². The fourth-order valence-corrected chi connectivity index (χ4v) is 2.89. The van der Waals surface area contributed by atoms with Gasteiger partial charge in [-0.3, -0.25) is 4.90 Å². The van der Waals surface area contributed by atoms with Gasteiger partial charge < -0.3 is 10.1 Å². The lowest BCUT2D eigenvalue weighted by molar-refractivity contribution is -0.0639. The molecule has 0 aromatic rings. The highest BCUT2D eigenvalue weighted by Gasteiger charge is 2.34. The van der Waals surface area contributed by atoms with E-state index < -0.39 is 0 Å². The van der Waals surface area contributed by atoms with Gasteiger partial charge in [-0.05, 0) is 52.2 Å². The van der Waals surface area contributed by atoms with E-state index in [1.54, 1.807) is 0 Å². The van der Waals surface area contributed by atoms with E-state index >= 15 is 0 Å². The molecule has 2 heterocycles. The Morgan fingerprint density at radius 2 is 2.07 bits per heavy atom. The Hall–Kier alpha value is -0.120. The summed E-state index contributed by atoms with van der Waals surface area (Å²) >= 11 is 0. The van der Waals surface area contributed by atoms with Crippen molar-refractivity contribution in [3.8, 4) is 0 Å². The van der Waals surface area contributed by atoms with E-state index in [0.29, 0.717) is 0 Å². The van der Waals surface area contributed by atoms with E-state index in [-0.39, 0.29) is 5.60 Å². The Morgan fingerprint density at radius 1 is 1.33 bits per heavy atom. The lowest BCUT2D eigenvalue weighted by atomic mass is 9.92. The van der Waals surface area contributed by atoms with Crippen LogP contribution in [0.3, 0.4) is 0 Å². The average molecular weight is 212 g/mol. The fourth-order valence-electron chi connectivity index (χ4n) is 2.89. The van der Waals surface area contributed by atoms with Crippen LogP contribution in [0.15, 0.2) is 0 Å². The van der Waals surface area contributed by atoms with Gasteiger partial charge in [0.1, 0.15) is 0 Å². The molecule has 0 bridgehead atoms. The van der Waals surface area contributed by atoms with Gasteiger partial charge in [0.05, 0.1) is 5.60 Å². The third kappa shape index (κ3) is 2.71. The maximum absolute atomic E-state index is 5.64. The molecule has 2 fully saturated rings. The summed E-state index contributed by atoms with van der Waals surface area (Å²) in [7, 11) is 1.85. The zero-order chi connectivity index (χ0) is 10.7. The summed E-state index contributed by atoms with van der Waals surface area (Å²) in [4.78, 5) is 2.65. The number of ether oxygens (including phenoxy) is 1. The lowest BCUT2D eigenvalue weighted by Gasteiger charge is -2.44. The van der Waals surface area contributed by atoms with Crippen LogP contribution in [0, 0.1) is 0 Å². The molecule has 2 aliphatic rings. The van der Waals surface area contributed by atoms with Gasteiger partial charge >= 0.3 is 0 Å². The third-order valence-electron chi connectivity index (χ3n) is 4.01. The van der Waals surface area contributed by atoms with Gasteiger partial charge in [-0.15, -0.1) is 0 Å². The van der Waals surface area contributed by atoms with E-state index in [2.05, 4.69) is 17.1 Å². The number of nitrogens with one attached hydrogen (secondary N) is 1. The molecule has 0 aromatic heterocycles. The van der Waals surface area contributed by atoms with Crippen molar-refractivity contribution in [2.24, 2.45) is 0 Å². The monoisotopic (exact) mass is 212 g/mol. The van der Waals surface area contributed by atoms with E-state index in [4.69, 9.17) is 4.74 Å². The molecule has 2 aliphatic heterocycles. The van der Waals surface area contributed by atoms with Crippen LogP contribution in [0.2, 0.25) is 0 Å². The van der Waals surface area contributed by atoms with E-state index in [1.165, 1.54) is 45.3 Å². The number of hydrogen-bond acceptors (Lipinski definition) is 3. The molecule has 2 rings (SSSR count). The van der Waals surface area contributed by atoms with Gasteiger partial charge in [0, 0.05) is 19.7 Å². The van der Waals surface area contributed by atoms with E-state index in [1.807, 2.05) is 7.11 Å². The third-order valence-corrected chi connectivity index (χ3v) is 4.01. The number of piperidine rings is 2. The van der Waals surface area contributed by atoms with Gasteiger partial charge in [-0.2, -0.15) is 0 Å². The molecule has 0 spiro atoms.